The van der Waals surface area contributed by atoms with Crippen molar-refractivity contribution in [1.29, 1.82) is 0 Å². The molecule has 3 nitrogen and oxygen atoms in total. The minimum atomic E-state index is -2.21. The Morgan fingerprint density at radius 3 is 2.23 bits per heavy atom. The fraction of sp³-hybridized carbons (Fsp3) is 0.400. The summed E-state index contributed by atoms with van der Waals surface area (Å²) in [6.45, 7) is 17.9. The maximum Gasteiger partial charge on any atom is 0.248 e. The highest BCUT2D eigenvalue weighted by Gasteiger charge is 2.50. The van der Waals surface area contributed by atoms with Gasteiger partial charge in [-0.2, -0.15) is 0 Å². The molecular weight excluding hydrogens is 402 g/mol. The SMILES string of the molecule is CC1=Cc2cc(C(C)(C)C)cc(-c3ccc(C(N)=O)c4c3[Si](C)(C)O[Si]4(C)C)c2C1. The van der Waals surface area contributed by atoms with Crippen LogP contribution in [0.2, 0.25) is 26.2 Å². The highest BCUT2D eigenvalue weighted by atomic mass is 28.4. The smallest absolute Gasteiger partial charge is 0.248 e. The van der Waals surface area contributed by atoms with Crippen molar-refractivity contribution >= 4 is 39.0 Å². The molecule has 5 heteroatoms. The second-order valence-electron chi connectivity index (χ2n) is 10.9. The molecule has 0 bridgehead atoms. The van der Waals surface area contributed by atoms with Crippen LogP contribution in [0.15, 0.2) is 29.8 Å². The first kappa shape index (κ1) is 21.3. The van der Waals surface area contributed by atoms with Crippen molar-refractivity contribution in [3.05, 3.63) is 52.1 Å². The van der Waals surface area contributed by atoms with Crippen molar-refractivity contribution in [2.75, 3.05) is 0 Å². The maximum atomic E-state index is 12.3. The van der Waals surface area contributed by atoms with Gasteiger partial charge < -0.3 is 9.85 Å². The van der Waals surface area contributed by atoms with Gasteiger partial charge in [0, 0.05) is 5.56 Å². The third kappa shape index (κ3) is 3.24. The van der Waals surface area contributed by atoms with E-state index in [2.05, 4.69) is 78.2 Å². The van der Waals surface area contributed by atoms with E-state index in [4.69, 9.17) is 9.85 Å². The van der Waals surface area contributed by atoms with Crippen molar-refractivity contribution in [1.82, 2.24) is 0 Å². The van der Waals surface area contributed by atoms with Crippen LogP contribution in [0, 0.1) is 0 Å². The van der Waals surface area contributed by atoms with Gasteiger partial charge in [0.15, 0.2) is 0 Å². The Morgan fingerprint density at radius 1 is 1.00 bits per heavy atom. The molecule has 1 aliphatic heterocycles. The lowest BCUT2D eigenvalue weighted by atomic mass is 9.82. The van der Waals surface area contributed by atoms with Gasteiger partial charge in [0.1, 0.15) is 0 Å². The van der Waals surface area contributed by atoms with Crippen LogP contribution in [0.5, 0.6) is 0 Å². The summed E-state index contributed by atoms with van der Waals surface area (Å²) in [5, 5.41) is 2.41. The fourth-order valence-electron chi connectivity index (χ4n) is 5.31. The highest BCUT2D eigenvalue weighted by molar-refractivity contribution is 7.06. The summed E-state index contributed by atoms with van der Waals surface area (Å²) in [5.74, 6) is -0.347. The van der Waals surface area contributed by atoms with Gasteiger partial charge in [0.2, 0.25) is 22.5 Å². The molecule has 2 N–H and O–H groups in total. The molecule has 0 radical (unpaired) electrons. The third-order valence-electron chi connectivity index (χ3n) is 6.48. The lowest BCUT2D eigenvalue weighted by Crippen LogP contribution is -2.49. The number of hydrogen-bond donors (Lipinski definition) is 1. The molecule has 0 fully saturated rings. The third-order valence-corrected chi connectivity index (χ3v) is 14.3. The zero-order chi connectivity index (χ0) is 22.2. The molecule has 30 heavy (non-hydrogen) atoms. The van der Waals surface area contributed by atoms with Crippen LogP contribution in [0.1, 0.15) is 54.7 Å². The Hall–Kier alpha value is -1.96. The average molecular weight is 436 g/mol. The summed E-state index contributed by atoms with van der Waals surface area (Å²) in [7, 11) is -4.39. The summed E-state index contributed by atoms with van der Waals surface area (Å²) in [6.07, 6.45) is 3.30. The molecule has 1 aliphatic carbocycles. The molecule has 2 aromatic carbocycles. The predicted octanol–water partition coefficient (Wildman–Crippen LogP) is 4.56. The number of benzene rings is 2. The van der Waals surface area contributed by atoms with Crippen LogP contribution in [0.4, 0.5) is 0 Å². The summed E-state index contributed by atoms with van der Waals surface area (Å²) in [4.78, 5) is 12.3. The van der Waals surface area contributed by atoms with E-state index in [-0.39, 0.29) is 11.3 Å². The van der Waals surface area contributed by atoms with E-state index in [0.29, 0.717) is 5.56 Å². The first-order chi connectivity index (χ1) is 13.7. The minimum Gasteiger partial charge on any atom is -0.449 e. The van der Waals surface area contributed by atoms with Crippen molar-refractivity contribution in [2.24, 2.45) is 5.73 Å². The van der Waals surface area contributed by atoms with Crippen molar-refractivity contribution in [3.63, 3.8) is 0 Å². The monoisotopic (exact) mass is 435 g/mol. The zero-order valence-corrected chi connectivity index (χ0v) is 21.5. The normalized spacial score (nSPS) is 18.7. The Labute approximate surface area is 182 Å². The summed E-state index contributed by atoms with van der Waals surface area (Å²) in [6, 6.07) is 8.80. The topological polar surface area (TPSA) is 52.3 Å². The predicted molar refractivity (Wildman–Crippen MR) is 132 cm³/mol. The lowest BCUT2D eigenvalue weighted by Gasteiger charge is -2.25. The fourth-order valence-corrected chi connectivity index (χ4v) is 16.2. The minimum absolute atomic E-state index is 0.0575. The Morgan fingerprint density at radius 2 is 1.63 bits per heavy atom. The maximum absolute atomic E-state index is 12.3. The lowest BCUT2D eigenvalue weighted by molar-refractivity contribution is 0.100. The number of carbonyl (C=O) groups is 1. The van der Waals surface area contributed by atoms with Crippen molar-refractivity contribution < 1.29 is 8.91 Å². The molecular formula is C25H33NO2Si2. The Balaban J connectivity index is 2.09. The van der Waals surface area contributed by atoms with Crippen LogP contribution in [0.3, 0.4) is 0 Å². The van der Waals surface area contributed by atoms with E-state index >= 15 is 0 Å². The summed E-state index contributed by atoms with van der Waals surface area (Å²) in [5.41, 5.74) is 14.5. The number of amides is 1. The zero-order valence-electron chi connectivity index (χ0n) is 19.5. The largest absolute Gasteiger partial charge is 0.449 e. The van der Waals surface area contributed by atoms with E-state index < -0.39 is 16.6 Å². The van der Waals surface area contributed by atoms with E-state index in [9.17, 15) is 4.79 Å². The Kier molecular flexibility index (Phi) is 4.62. The number of rotatable bonds is 2. The van der Waals surface area contributed by atoms with E-state index in [1.54, 1.807) is 0 Å². The van der Waals surface area contributed by atoms with E-state index in [1.165, 1.54) is 38.6 Å². The van der Waals surface area contributed by atoms with Gasteiger partial charge >= 0.3 is 0 Å². The molecule has 0 saturated carbocycles. The van der Waals surface area contributed by atoms with Gasteiger partial charge in [-0.05, 0) is 89.2 Å². The van der Waals surface area contributed by atoms with Gasteiger partial charge in [-0.1, -0.05) is 50.6 Å². The highest BCUT2D eigenvalue weighted by Crippen LogP contribution is 2.39. The van der Waals surface area contributed by atoms with Gasteiger partial charge in [0.25, 0.3) is 0 Å². The molecule has 0 aromatic heterocycles. The van der Waals surface area contributed by atoms with Crippen molar-refractivity contribution in [3.8, 4) is 11.1 Å². The van der Waals surface area contributed by atoms with Gasteiger partial charge in [-0.25, -0.2) is 0 Å². The summed E-state index contributed by atoms with van der Waals surface area (Å²) < 4.78 is 6.75. The molecule has 0 spiro atoms. The molecule has 1 amide bonds. The van der Waals surface area contributed by atoms with Crippen LogP contribution < -0.4 is 16.1 Å². The van der Waals surface area contributed by atoms with Crippen LogP contribution in [-0.2, 0) is 16.0 Å². The van der Waals surface area contributed by atoms with Gasteiger partial charge in [0.05, 0.1) is 0 Å². The quantitative estimate of drug-likeness (QED) is 0.703. The molecule has 2 aromatic rings. The molecule has 4 rings (SSSR count). The van der Waals surface area contributed by atoms with Gasteiger partial charge in [-0.15, -0.1) is 0 Å². The van der Waals surface area contributed by atoms with Crippen LogP contribution in [-0.4, -0.2) is 22.5 Å². The first-order valence-corrected chi connectivity index (χ1v) is 16.6. The van der Waals surface area contributed by atoms with Crippen LogP contribution >= 0.6 is 0 Å². The van der Waals surface area contributed by atoms with Crippen LogP contribution in [0.25, 0.3) is 17.2 Å². The number of carbonyl (C=O) groups excluding carboxylic acids is 1. The second kappa shape index (κ2) is 6.52. The number of nitrogens with two attached hydrogens (primary N) is 1. The molecule has 0 unspecified atom stereocenters. The van der Waals surface area contributed by atoms with Crippen molar-refractivity contribution in [2.45, 2.75) is 65.7 Å². The average Bonchev–Trinajstić information content (AvgIpc) is 3.06. The Bertz CT molecular complexity index is 1120. The number of hydrogen-bond acceptors (Lipinski definition) is 2. The van der Waals surface area contributed by atoms with E-state index in [0.717, 1.165) is 11.6 Å². The first-order valence-electron chi connectivity index (χ1n) is 10.8. The molecule has 0 atom stereocenters. The number of primary amides is 1. The van der Waals surface area contributed by atoms with E-state index in [1.807, 2.05) is 6.07 Å². The molecule has 0 saturated heterocycles. The summed E-state index contributed by atoms with van der Waals surface area (Å²) >= 11 is 0. The number of allylic oxidation sites excluding steroid dienone is 1. The number of fused-ring (bicyclic) bond motifs is 2. The standard InChI is InChI=1S/C25H33NO2Si2/c1-15-11-16-13-17(25(2,3)4)14-21(20(16)12-15)18-9-10-19(24(26)27)23-22(18)29(5,6)28-30(23,7)8/h9-11,13-14H,12H2,1-8H3,(H2,26,27). The molecule has 158 valence electrons. The van der Waals surface area contributed by atoms with Gasteiger partial charge in [-0.3, -0.25) is 4.79 Å². The molecule has 1 heterocycles. The second-order valence-corrected chi connectivity index (χ2v) is 18.8. The molecule has 2 aliphatic rings.